The van der Waals surface area contributed by atoms with Crippen LogP contribution >= 0.6 is 12.2 Å². The fourth-order valence-electron chi connectivity index (χ4n) is 3.36. The lowest BCUT2D eigenvalue weighted by molar-refractivity contribution is 0.390. The van der Waals surface area contributed by atoms with Crippen LogP contribution in [0.25, 0.3) is 0 Å². The minimum absolute atomic E-state index is 0.826. The van der Waals surface area contributed by atoms with Crippen molar-refractivity contribution in [2.75, 3.05) is 36.4 Å². The van der Waals surface area contributed by atoms with Gasteiger partial charge >= 0.3 is 0 Å². The van der Waals surface area contributed by atoms with Crippen molar-refractivity contribution in [3.63, 3.8) is 0 Å². The maximum atomic E-state index is 5.65. The first-order chi connectivity index (χ1) is 11.9. The molecular weight excluding hydrogens is 326 g/mol. The molecule has 1 aliphatic rings. The van der Waals surface area contributed by atoms with Crippen molar-refractivity contribution in [3.8, 4) is 0 Å². The topological polar surface area (TPSA) is 18.5 Å². The minimum Gasteiger partial charge on any atom is -0.368 e. The van der Waals surface area contributed by atoms with Crippen LogP contribution in [0.1, 0.15) is 22.3 Å². The van der Waals surface area contributed by atoms with E-state index in [9.17, 15) is 0 Å². The third-order valence-corrected chi connectivity index (χ3v) is 5.26. The number of anilines is 2. The minimum atomic E-state index is 0.826. The van der Waals surface area contributed by atoms with Gasteiger partial charge in [0.1, 0.15) is 0 Å². The molecule has 0 aliphatic carbocycles. The van der Waals surface area contributed by atoms with E-state index in [1.54, 1.807) is 0 Å². The van der Waals surface area contributed by atoms with Crippen LogP contribution in [-0.4, -0.2) is 36.2 Å². The van der Waals surface area contributed by atoms with Gasteiger partial charge in [0.2, 0.25) is 0 Å². The highest BCUT2D eigenvalue weighted by Crippen LogP contribution is 2.23. The lowest BCUT2D eigenvalue weighted by Gasteiger charge is -2.38. The summed E-state index contributed by atoms with van der Waals surface area (Å²) in [6.07, 6.45) is 0. The van der Waals surface area contributed by atoms with Gasteiger partial charge in [-0.1, -0.05) is 29.8 Å². The summed E-state index contributed by atoms with van der Waals surface area (Å²) in [5, 5.41) is 4.25. The molecule has 2 aromatic carbocycles. The molecule has 1 heterocycles. The van der Waals surface area contributed by atoms with Crippen molar-refractivity contribution in [1.82, 2.24) is 4.90 Å². The average molecular weight is 354 g/mol. The monoisotopic (exact) mass is 353 g/mol. The maximum Gasteiger partial charge on any atom is 0.173 e. The van der Waals surface area contributed by atoms with Gasteiger partial charge in [-0.15, -0.1) is 0 Å². The number of thiocarbonyl (C=S) groups is 1. The fraction of sp³-hybridized carbons (Fsp3) is 0.381. The van der Waals surface area contributed by atoms with Gasteiger partial charge in [-0.3, -0.25) is 0 Å². The molecule has 3 nitrogen and oxygen atoms in total. The summed E-state index contributed by atoms with van der Waals surface area (Å²) < 4.78 is 0. The predicted molar refractivity (Wildman–Crippen MR) is 112 cm³/mol. The molecule has 132 valence electrons. The van der Waals surface area contributed by atoms with Crippen LogP contribution in [0.3, 0.4) is 0 Å². The van der Waals surface area contributed by atoms with Gasteiger partial charge < -0.3 is 15.1 Å². The molecule has 1 aliphatic heterocycles. The van der Waals surface area contributed by atoms with Gasteiger partial charge in [0.25, 0.3) is 0 Å². The normalized spacial score (nSPS) is 14.6. The maximum absolute atomic E-state index is 5.65. The van der Waals surface area contributed by atoms with E-state index in [-0.39, 0.29) is 0 Å². The second-order valence-electron chi connectivity index (χ2n) is 7.01. The lowest BCUT2D eigenvalue weighted by atomic mass is 10.1. The van der Waals surface area contributed by atoms with Crippen LogP contribution in [0.2, 0.25) is 0 Å². The number of rotatable bonds is 2. The van der Waals surface area contributed by atoms with Crippen LogP contribution in [-0.2, 0) is 0 Å². The highest BCUT2D eigenvalue weighted by molar-refractivity contribution is 7.80. The zero-order valence-electron chi connectivity index (χ0n) is 15.6. The summed E-state index contributed by atoms with van der Waals surface area (Å²) in [4.78, 5) is 4.74. The Morgan fingerprint density at radius 3 is 2.16 bits per heavy atom. The number of hydrogen-bond acceptors (Lipinski definition) is 2. The molecule has 1 fully saturated rings. The van der Waals surface area contributed by atoms with Crippen LogP contribution in [0.4, 0.5) is 11.4 Å². The Bertz CT molecular complexity index is 777. The molecule has 4 heteroatoms. The van der Waals surface area contributed by atoms with E-state index in [0.29, 0.717) is 0 Å². The van der Waals surface area contributed by atoms with Crippen molar-refractivity contribution in [3.05, 3.63) is 58.7 Å². The van der Waals surface area contributed by atoms with Crippen molar-refractivity contribution in [2.24, 2.45) is 0 Å². The quantitative estimate of drug-likeness (QED) is 0.804. The second-order valence-corrected chi connectivity index (χ2v) is 7.40. The first-order valence-corrected chi connectivity index (χ1v) is 9.30. The summed E-state index contributed by atoms with van der Waals surface area (Å²) >= 11 is 5.65. The molecule has 1 saturated heterocycles. The number of piperazine rings is 1. The summed E-state index contributed by atoms with van der Waals surface area (Å²) in [5.74, 6) is 0. The predicted octanol–water partition coefficient (Wildman–Crippen LogP) is 4.44. The summed E-state index contributed by atoms with van der Waals surface area (Å²) in [6.45, 7) is 12.5. The number of hydrogen-bond donors (Lipinski definition) is 1. The molecule has 2 aromatic rings. The lowest BCUT2D eigenvalue weighted by Crippen LogP contribution is -2.50. The molecule has 0 radical (unpaired) electrons. The largest absolute Gasteiger partial charge is 0.368 e. The van der Waals surface area contributed by atoms with Gasteiger partial charge in [0.15, 0.2) is 5.11 Å². The molecule has 0 unspecified atom stereocenters. The van der Waals surface area contributed by atoms with E-state index in [0.717, 1.165) is 37.0 Å². The Morgan fingerprint density at radius 1 is 0.840 bits per heavy atom. The van der Waals surface area contributed by atoms with Crippen LogP contribution in [0, 0.1) is 27.7 Å². The Hall–Kier alpha value is -2.07. The number of aryl methyl sites for hydroxylation is 4. The van der Waals surface area contributed by atoms with Gasteiger partial charge in [-0.25, -0.2) is 0 Å². The zero-order chi connectivity index (χ0) is 18.0. The third kappa shape index (κ3) is 4.13. The van der Waals surface area contributed by atoms with E-state index < -0.39 is 0 Å². The van der Waals surface area contributed by atoms with Gasteiger partial charge in [0.05, 0.1) is 0 Å². The van der Waals surface area contributed by atoms with Gasteiger partial charge in [-0.05, 0) is 68.7 Å². The highest BCUT2D eigenvalue weighted by atomic mass is 32.1. The molecule has 3 rings (SSSR count). The fourth-order valence-corrected chi connectivity index (χ4v) is 3.65. The summed E-state index contributed by atoms with van der Waals surface area (Å²) in [7, 11) is 0. The zero-order valence-corrected chi connectivity index (χ0v) is 16.4. The van der Waals surface area contributed by atoms with E-state index in [1.165, 1.54) is 27.9 Å². The number of nitrogens with one attached hydrogen (secondary N) is 1. The molecule has 0 spiro atoms. The first-order valence-electron chi connectivity index (χ1n) is 8.89. The van der Waals surface area contributed by atoms with E-state index in [2.05, 4.69) is 79.2 Å². The summed E-state index contributed by atoms with van der Waals surface area (Å²) in [6, 6.07) is 13.1. The smallest absolute Gasteiger partial charge is 0.173 e. The third-order valence-electron chi connectivity index (χ3n) is 4.90. The van der Waals surface area contributed by atoms with Crippen molar-refractivity contribution < 1.29 is 0 Å². The molecule has 0 bridgehead atoms. The Balaban J connectivity index is 1.62. The molecule has 1 N–H and O–H groups in total. The highest BCUT2D eigenvalue weighted by Gasteiger charge is 2.20. The Labute approximate surface area is 156 Å². The van der Waals surface area contributed by atoms with Gasteiger partial charge in [0, 0.05) is 37.6 Å². The van der Waals surface area contributed by atoms with E-state index >= 15 is 0 Å². The molecule has 25 heavy (non-hydrogen) atoms. The second kappa shape index (κ2) is 7.44. The molecular formula is C21H27N3S. The first kappa shape index (κ1) is 17.7. The number of benzene rings is 2. The van der Waals surface area contributed by atoms with Crippen LogP contribution in [0.15, 0.2) is 36.4 Å². The summed E-state index contributed by atoms with van der Waals surface area (Å²) in [5.41, 5.74) is 7.62. The molecule has 0 amide bonds. The molecule has 0 saturated carbocycles. The Kier molecular flexibility index (Phi) is 5.28. The van der Waals surface area contributed by atoms with Crippen molar-refractivity contribution in [2.45, 2.75) is 27.7 Å². The average Bonchev–Trinajstić information content (AvgIpc) is 2.59. The van der Waals surface area contributed by atoms with Crippen molar-refractivity contribution >= 4 is 28.7 Å². The van der Waals surface area contributed by atoms with Gasteiger partial charge in [-0.2, -0.15) is 0 Å². The number of nitrogens with zero attached hydrogens (tertiary/aromatic N) is 2. The molecule has 0 aromatic heterocycles. The molecule has 0 atom stereocenters. The standard InChI is InChI=1S/C21H27N3S/c1-15-6-8-19(18(4)13-15)22-21(25)24-11-9-23(10-12-24)20-14-16(2)5-7-17(20)3/h5-8,13-14H,9-12H2,1-4H3,(H,22,25). The van der Waals surface area contributed by atoms with Crippen LogP contribution < -0.4 is 10.2 Å². The van der Waals surface area contributed by atoms with Crippen LogP contribution in [0.5, 0.6) is 0 Å². The van der Waals surface area contributed by atoms with Crippen molar-refractivity contribution in [1.29, 1.82) is 0 Å². The van der Waals surface area contributed by atoms with E-state index in [1.807, 2.05) is 0 Å². The van der Waals surface area contributed by atoms with E-state index in [4.69, 9.17) is 12.2 Å². The SMILES string of the molecule is Cc1ccc(NC(=S)N2CCN(c3cc(C)ccc3C)CC2)c(C)c1. The Morgan fingerprint density at radius 2 is 1.48 bits per heavy atom.